The fraction of sp³-hybridized carbons (Fsp3) is 1.00. The Bertz CT molecular complexity index is 73.7. The topological polar surface area (TPSA) is 12.0 Å². The molecule has 0 radical (unpaired) electrons. The summed E-state index contributed by atoms with van der Waals surface area (Å²) in [6.07, 6.45) is 1.28. The monoisotopic (exact) mass is 161 g/mol. The lowest BCUT2D eigenvalue weighted by molar-refractivity contribution is 0.597. The molecule has 1 N–H and O–H groups in total. The van der Waals surface area contributed by atoms with Gasteiger partial charge in [0.15, 0.2) is 0 Å². The molecule has 0 aliphatic rings. The highest BCUT2D eigenvalue weighted by Gasteiger charge is 1.98. The van der Waals surface area contributed by atoms with Gasteiger partial charge < -0.3 is 5.32 Å². The Morgan fingerprint density at radius 1 is 1.30 bits per heavy atom. The van der Waals surface area contributed by atoms with E-state index in [1.807, 2.05) is 18.8 Å². The third kappa shape index (κ3) is 6.43. The molecule has 0 aliphatic heterocycles. The second-order valence-corrected chi connectivity index (χ2v) is 4.58. The summed E-state index contributed by atoms with van der Waals surface area (Å²) < 4.78 is 0. The summed E-state index contributed by atoms with van der Waals surface area (Å²) in [4.78, 5) is 0. The zero-order chi connectivity index (χ0) is 7.98. The Balaban J connectivity index is 3.03. The molecule has 1 atom stereocenters. The average Bonchev–Trinajstić information content (AvgIpc) is 1.87. The molecule has 0 rings (SSSR count). The van der Waals surface area contributed by atoms with Gasteiger partial charge >= 0.3 is 0 Å². The van der Waals surface area contributed by atoms with Crippen LogP contribution in [0.15, 0.2) is 0 Å². The van der Waals surface area contributed by atoms with Gasteiger partial charge in [0, 0.05) is 6.04 Å². The van der Waals surface area contributed by atoms with E-state index in [1.165, 1.54) is 12.2 Å². The summed E-state index contributed by atoms with van der Waals surface area (Å²) in [6, 6.07) is 0.672. The molecule has 0 saturated carbocycles. The van der Waals surface area contributed by atoms with E-state index in [1.54, 1.807) is 0 Å². The first kappa shape index (κ1) is 10.3. The van der Waals surface area contributed by atoms with E-state index in [-0.39, 0.29) is 0 Å². The van der Waals surface area contributed by atoms with Gasteiger partial charge in [-0.15, -0.1) is 0 Å². The lowest BCUT2D eigenvalue weighted by atomic mass is 10.3. The molecule has 0 bridgehead atoms. The first-order valence-electron chi connectivity index (χ1n) is 3.95. The Kier molecular flexibility index (Phi) is 6.24. The highest BCUT2D eigenvalue weighted by atomic mass is 32.2. The highest BCUT2D eigenvalue weighted by molar-refractivity contribution is 7.99. The minimum Gasteiger partial charge on any atom is -0.317 e. The van der Waals surface area contributed by atoms with Crippen molar-refractivity contribution in [2.45, 2.75) is 38.5 Å². The van der Waals surface area contributed by atoms with Crippen molar-refractivity contribution in [3.63, 3.8) is 0 Å². The second-order valence-electron chi connectivity index (χ2n) is 2.90. The van der Waals surface area contributed by atoms with Gasteiger partial charge in [0.2, 0.25) is 0 Å². The molecule has 62 valence electrons. The van der Waals surface area contributed by atoms with Crippen molar-refractivity contribution in [1.29, 1.82) is 0 Å². The number of thioether (sulfide) groups is 1. The molecule has 1 unspecified atom stereocenters. The molecule has 2 heteroatoms. The summed E-state index contributed by atoms with van der Waals surface area (Å²) in [5.41, 5.74) is 0. The molecular formula is C8H19NS. The van der Waals surface area contributed by atoms with Gasteiger partial charge in [-0.05, 0) is 31.4 Å². The molecule has 0 aromatic carbocycles. The molecule has 0 aromatic heterocycles. The van der Waals surface area contributed by atoms with E-state index < -0.39 is 0 Å². The van der Waals surface area contributed by atoms with E-state index in [0.29, 0.717) is 6.04 Å². The van der Waals surface area contributed by atoms with Crippen LogP contribution in [0.3, 0.4) is 0 Å². The Hall–Kier alpha value is 0.310. The van der Waals surface area contributed by atoms with Crippen molar-refractivity contribution in [2.75, 3.05) is 12.8 Å². The lowest BCUT2D eigenvalue weighted by Crippen LogP contribution is -2.21. The molecule has 10 heavy (non-hydrogen) atoms. The summed E-state index contributed by atoms with van der Waals surface area (Å²) in [5.74, 6) is 1.28. The highest BCUT2D eigenvalue weighted by Crippen LogP contribution is 2.10. The molecule has 0 saturated heterocycles. The second kappa shape index (κ2) is 6.05. The van der Waals surface area contributed by atoms with Gasteiger partial charge in [-0.1, -0.05) is 13.8 Å². The normalized spacial score (nSPS) is 14.1. The average molecular weight is 161 g/mol. The predicted octanol–water partition coefficient (Wildman–Crippen LogP) is 2.13. The predicted molar refractivity (Wildman–Crippen MR) is 50.7 cm³/mol. The van der Waals surface area contributed by atoms with Gasteiger partial charge in [0.05, 0.1) is 0 Å². The van der Waals surface area contributed by atoms with Crippen LogP contribution in [0, 0.1) is 0 Å². The molecule has 0 spiro atoms. The molecule has 1 nitrogen and oxygen atoms in total. The van der Waals surface area contributed by atoms with Crippen molar-refractivity contribution >= 4 is 11.8 Å². The third-order valence-electron chi connectivity index (χ3n) is 1.49. The van der Waals surface area contributed by atoms with Crippen LogP contribution in [-0.4, -0.2) is 24.1 Å². The Morgan fingerprint density at radius 3 is 2.30 bits per heavy atom. The summed E-state index contributed by atoms with van der Waals surface area (Å²) in [6.45, 7) is 6.71. The van der Waals surface area contributed by atoms with Gasteiger partial charge in [-0.2, -0.15) is 11.8 Å². The zero-order valence-electron chi connectivity index (χ0n) is 7.48. The summed E-state index contributed by atoms with van der Waals surface area (Å²) in [7, 11) is 2.02. The van der Waals surface area contributed by atoms with Crippen molar-refractivity contribution < 1.29 is 0 Å². The number of rotatable bonds is 5. The maximum atomic E-state index is 3.23. The summed E-state index contributed by atoms with van der Waals surface area (Å²) >= 11 is 2.03. The van der Waals surface area contributed by atoms with Crippen LogP contribution in [0.5, 0.6) is 0 Å². The molecule has 0 aromatic rings. The van der Waals surface area contributed by atoms with Gasteiger partial charge in [0.1, 0.15) is 0 Å². The van der Waals surface area contributed by atoms with E-state index in [2.05, 4.69) is 26.1 Å². The molecule has 0 amide bonds. The molecule has 0 heterocycles. The maximum Gasteiger partial charge on any atom is 0.00435 e. The van der Waals surface area contributed by atoms with Gasteiger partial charge in [0.25, 0.3) is 0 Å². The van der Waals surface area contributed by atoms with Crippen molar-refractivity contribution in [3.8, 4) is 0 Å². The van der Waals surface area contributed by atoms with E-state index in [0.717, 1.165) is 5.25 Å². The van der Waals surface area contributed by atoms with E-state index >= 15 is 0 Å². The minimum absolute atomic E-state index is 0.672. The van der Waals surface area contributed by atoms with Gasteiger partial charge in [-0.25, -0.2) is 0 Å². The zero-order valence-corrected chi connectivity index (χ0v) is 8.29. The van der Waals surface area contributed by atoms with Crippen LogP contribution in [-0.2, 0) is 0 Å². The lowest BCUT2D eigenvalue weighted by Gasteiger charge is -2.10. The van der Waals surface area contributed by atoms with Gasteiger partial charge in [-0.3, -0.25) is 0 Å². The third-order valence-corrected chi connectivity index (χ3v) is 2.63. The van der Waals surface area contributed by atoms with Crippen LogP contribution >= 0.6 is 11.8 Å². The van der Waals surface area contributed by atoms with Crippen LogP contribution in [0.25, 0.3) is 0 Å². The Labute approximate surface area is 69.0 Å². The largest absolute Gasteiger partial charge is 0.317 e. The first-order valence-corrected chi connectivity index (χ1v) is 5.00. The Morgan fingerprint density at radius 2 is 1.90 bits per heavy atom. The molecular weight excluding hydrogens is 142 g/mol. The standard InChI is InChI=1S/C8H19NS/c1-7(2)10-6-5-8(3)9-4/h7-9H,5-6H2,1-4H3. The number of hydrogen-bond acceptors (Lipinski definition) is 2. The van der Waals surface area contributed by atoms with Crippen LogP contribution in [0.2, 0.25) is 0 Å². The molecule has 0 fully saturated rings. The maximum absolute atomic E-state index is 3.23. The van der Waals surface area contributed by atoms with Crippen LogP contribution < -0.4 is 5.32 Å². The van der Waals surface area contributed by atoms with Crippen LogP contribution in [0.4, 0.5) is 0 Å². The number of nitrogens with one attached hydrogen (secondary N) is 1. The fourth-order valence-electron chi connectivity index (χ4n) is 0.625. The van der Waals surface area contributed by atoms with Crippen LogP contribution in [0.1, 0.15) is 27.2 Å². The summed E-state index contributed by atoms with van der Waals surface area (Å²) in [5, 5.41) is 4.01. The SMILES string of the molecule is CNC(C)CCSC(C)C. The van der Waals surface area contributed by atoms with E-state index in [4.69, 9.17) is 0 Å². The van der Waals surface area contributed by atoms with Crippen molar-refractivity contribution in [2.24, 2.45) is 0 Å². The minimum atomic E-state index is 0.672. The van der Waals surface area contributed by atoms with E-state index in [9.17, 15) is 0 Å². The quantitative estimate of drug-likeness (QED) is 0.663. The van der Waals surface area contributed by atoms with Crippen molar-refractivity contribution in [3.05, 3.63) is 0 Å². The van der Waals surface area contributed by atoms with Crippen molar-refractivity contribution in [1.82, 2.24) is 5.32 Å². The number of hydrogen-bond donors (Lipinski definition) is 1. The fourth-order valence-corrected chi connectivity index (χ4v) is 1.59. The molecule has 0 aliphatic carbocycles. The smallest absolute Gasteiger partial charge is 0.00435 e. The first-order chi connectivity index (χ1) is 4.66.